The number of aromatic nitrogens is 1. The van der Waals surface area contributed by atoms with Gasteiger partial charge in [0.2, 0.25) is 11.2 Å². The Hall–Kier alpha value is -4.14. The molecule has 0 saturated carbocycles. The van der Waals surface area contributed by atoms with Crippen molar-refractivity contribution >= 4 is 5.91 Å². The highest BCUT2D eigenvalue weighted by atomic mass is 19.2. The highest BCUT2D eigenvalue weighted by molar-refractivity contribution is 5.96. The lowest BCUT2D eigenvalue weighted by Gasteiger charge is -2.43. The van der Waals surface area contributed by atoms with Gasteiger partial charge < -0.3 is 14.7 Å². The Kier molecular flexibility index (Phi) is 5.08. The molecule has 3 aromatic rings. The van der Waals surface area contributed by atoms with E-state index in [9.17, 15) is 23.5 Å². The summed E-state index contributed by atoms with van der Waals surface area (Å²) in [7, 11) is 0. The largest absolute Gasteiger partial charge is 0.502 e. The monoisotopic (exact) mass is 451 g/mol. The summed E-state index contributed by atoms with van der Waals surface area (Å²) < 4.78 is 36.1. The number of amides is 1. The van der Waals surface area contributed by atoms with E-state index in [1.165, 1.54) is 21.8 Å². The molecule has 33 heavy (non-hydrogen) atoms. The molecule has 9 heteroatoms. The molecule has 1 N–H and O–H groups in total. The molecule has 168 valence electrons. The second kappa shape index (κ2) is 8.09. The van der Waals surface area contributed by atoms with E-state index in [2.05, 4.69) is 0 Å². The zero-order valence-electron chi connectivity index (χ0n) is 17.3. The molecule has 0 unspecified atom stereocenters. The lowest BCUT2D eigenvalue weighted by Crippen LogP contribution is -2.55. The van der Waals surface area contributed by atoms with Crippen LogP contribution >= 0.6 is 0 Å². The maximum atomic E-state index is 14.9. The lowest BCUT2D eigenvalue weighted by atomic mass is 9.96. The number of hydrogen-bond donors (Lipinski definition) is 1. The molecule has 2 aliphatic rings. The van der Waals surface area contributed by atoms with Gasteiger partial charge >= 0.3 is 0 Å². The quantitative estimate of drug-likeness (QED) is 0.576. The first kappa shape index (κ1) is 20.7. The fourth-order valence-electron chi connectivity index (χ4n) is 4.19. The molecule has 0 fully saturated rings. The van der Waals surface area contributed by atoms with Crippen LogP contribution in [0.3, 0.4) is 0 Å². The number of carbonyl (C=O) groups is 1. The van der Waals surface area contributed by atoms with Crippen LogP contribution in [0.2, 0.25) is 0 Å². The van der Waals surface area contributed by atoms with Crippen LogP contribution in [0.1, 0.15) is 27.7 Å². The van der Waals surface area contributed by atoms with Crippen molar-refractivity contribution in [2.24, 2.45) is 0 Å². The van der Waals surface area contributed by atoms with E-state index in [0.717, 1.165) is 12.1 Å². The minimum atomic E-state index is -1.12. The summed E-state index contributed by atoms with van der Waals surface area (Å²) >= 11 is 0. The minimum absolute atomic E-state index is 0.0348. The molecule has 0 saturated heterocycles. The molecule has 0 radical (unpaired) electrons. The smallest absolute Gasteiger partial charge is 0.278 e. The maximum absolute atomic E-state index is 14.9. The van der Waals surface area contributed by atoms with Crippen molar-refractivity contribution in [1.29, 1.82) is 0 Å². The van der Waals surface area contributed by atoms with Gasteiger partial charge in [0.05, 0.1) is 0 Å². The van der Waals surface area contributed by atoms with E-state index < -0.39 is 34.8 Å². The molecule has 1 atom stereocenters. The third-order valence-corrected chi connectivity index (χ3v) is 5.74. The zero-order valence-corrected chi connectivity index (χ0v) is 17.3. The van der Waals surface area contributed by atoms with Gasteiger partial charge in [-0.05, 0) is 23.8 Å². The van der Waals surface area contributed by atoms with Crippen LogP contribution in [0.4, 0.5) is 8.78 Å². The predicted octanol–water partition coefficient (Wildman–Crippen LogP) is 2.92. The van der Waals surface area contributed by atoms with Crippen LogP contribution in [0.5, 0.6) is 11.5 Å². The number of rotatable bonds is 1. The second-order valence-corrected chi connectivity index (χ2v) is 7.71. The fraction of sp³-hybridized carbons (Fsp3) is 0.167. The second-order valence-electron chi connectivity index (χ2n) is 7.71. The summed E-state index contributed by atoms with van der Waals surface area (Å²) in [4.78, 5) is 26.7. The van der Waals surface area contributed by atoms with Gasteiger partial charge in [-0.25, -0.2) is 4.39 Å². The van der Waals surface area contributed by atoms with Crippen molar-refractivity contribution < 1.29 is 23.4 Å². The molecule has 2 aromatic carbocycles. The number of halogens is 2. The van der Waals surface area contributed by atoms with Crippen LogP contribution in [0.25, 0.3) is 0 Å². The molecule has 1 aromatic heterocycles. The first-order valence-electron chi connectivity index (χ1n) is 10.3. The van der Waals surface area contributed by atoms with Crippen molar-refractivity contribution in [1.82, 2.24) is 9.58 Å². The summed E-state index contributed by atoms with van der Waals surface area (Å²) in [6, 6.07) is 11.9. The van der Waals surface area contributed by atoms with E-state index in [-0.39, 0.29) is 31.3 Å². The van der Waals surface area contributed by atoms with E-state index in [1.807, 2.05) is 18.2 Å². The van der Waals surface area contributed by atoms with Gasteiger partial charge in [0, 0.05) is 24.4 Å². The Morgan fingerprint density at radius 2 is 1.79 bits per heavy atom. The number of hydrogen-bond acceptors (Lipinski definition) is 5. The normalized spacial score (nSPS) is 18.6. The number of nitrogens with zero attached hydrogens (tertiary/aromatic N) is 3. The number of fused-ring (bicyclic) bond motifs is 5. The molecule has 3 heterocycles. The van der Waals surface area contributed by atoms with Gasteiger partial charge in [-0.3, -0.25) is 19.3 Å². The molecular weight excluding hydrogens is 432 g/mol. The SMILES string of the molecule is O=C1c2c(O)c(=O)ccn2N2CN1C/C=C\COc1c(ccc(F)c1F)[C@@H]2c1ccccc1. The van der Waals surface area contributed by atoms with Gasteiger partial charge in [0.25, 0.3) is 5.91 Å². The summed E-state index contributed by atoms with van der Waals surface area (Å²) in [6.45, 7) is 0.180. The van der Waals surface area contributed by atoms with E-state index in [4.69, 9.17) is 4.74 Å². The van der Waals surface area contributed by atoms with Gasteiger partial charge in [0.1, 0.15) is 19.3 Å². The van der Waals surface area contributed by atoms with Crippen LogP contribution in [0, 0.1) is 11.6 Å². The fourth-order valence-corrected chi connectivity index (χ4v) is 4.19. The summed E-state index contributed by atoms with van der Waals surface area (Å²) in [5, 5.41) is 12.2. The molecular formula is C24H19F2N3O4. The Morgan fingerprint density at radius 3 is 2.58 bits per heavy atom. The Bertz CT molecular complexity index is 1320. The van der Waals surface area contributed by atoms with E-state index in [0.29, 0.717) is 11.1 Å². The van der Waals surface area contributed by atoms with Crippen LogP contribution in [0.15, 0.2) is 71.7 Å². The average molecular weight is 451 g/mol. The first-order valence-corrected chi connectivity index (χ1v) is 10.3. The van der Waals surface area contributed by atoms with Crippen molar-refractivity contribution in [3.63, 3.8) is 0 Å². The average Bonchev–Trinajstić information content (AvgIpc) is 2.85. The zero-order chi connectivity index (χ0) is 23.1. The van der Waals surface area contributed by atoms with Crippen molar-refractivity contribution in [3.05, 3.63) is 106 Å². The molecule has 5 rings (SSSR count). The predicted molar refractivity (Wildman–Crippen MR) is 116 cm³/mol. The number of benzene rings is 2. The molecule has 0 spiro atoms. The van der Waals surface area contributed by atoms with Gasteiger partial charge in [-0.2, -0.15) is 4.39 Å². The number of aromatic hydroxyl groups is 1. The third-order valence-electron chi connectivity index (χ3n) is 5.74. The summed E-state index contributed by atoms with van der Waals surface area (Å²) in [6.07, 6.45) is 4.64. The van der Waals surface area contributed by atoms with Crippen molar-refractivity contribution in [2.45, 2.75) is 6.04 Å². The van der Waals surface area contributed by atoms with Crippen molar-refractivity contribution in [2.75, 3.05) is 24.8 Å². The highest BCUT2D eigenvalue weighted by Gasteiger charge is 2.38. The number of pyridine rings is 1. The Morgan fingerprint density at radius 1 is 1.00 bits per heavy atom. The molecule has 7 nitrogen and oxygen atoms in total. The lowest BCUT2D eigenvalue weighted by molar-refractivity contribution is 0.0701. The van der Waals surface area contributed by atoms with Crippen molar-refractivity contribution in [3.8, 4) is 11.5 Å². The van der Waals surface area contributed by atoms with E-state index >= 15 is 0 Å². The number of ether oxygens (including phenoxy) is 1. The van der Waals surface area contributed by atoms with Gasteiger partial charge in [-0.15, -0.1) is 0 Å². The third kappa shape index (κ3) is 3.42. The minimum Gasteiger partial charge on any atom is -0.502 e. The van der Waals surface area contributed by atoms with Gasteiger partial charge in [-0.1, -0.05) is 36.4 Å². The molecule has 1 amide bonds. The van der Waals surface area contributed by atoms with Crippen LogP contribution in [-0.2, 0) is 0 Å². The topological polar surface area (TPSA) is 75.0 Å². The molecule has 2 bridgehead atoms. The Balaban J connectivity index is 1.83. The van der Waals surface area contributed by atoms with Gasteiger partial charge in [0.15, 0.2) is 23.0 Å². The maximum Gasteiger partial charge on any atom is 0.278 e. The Labute approximate surface area is 187 Å². The molecule has 0 aliphatic carbocycles. The van der Waals surface area contributed by atoms with E-state index in [1.54, 1.807) is 29.3 Å². The van der Waals surface area contributed by atoms with Crippen LogP contribution < -0.4 is 15.2 Å². The molecule has 2 aliphatic heterocycles. The first-order chi connectivity index (χ1) is 16.0. The summed E-state index contributed by atoms with van der Waals surface area (Å²) in [5.74, 6) is -3.61. The summed E-state index contributed by atoms with van der Waals surface area (Å²) in [5.41, 5.74) is 0.143. The highest BCUT2D eigenvalue weighted by Crippen LogP contribution is 2.38. The number of carbonyl (C=O) groups excluding carboxylic acids is 1. The standard InChI is InChI=1S/C24H19F2N3O4/c25-17-9-8-16-20(15-6-2-1-3-7-15)29-14-27(11-4-5-13-33-23(16)19(17)26)24(32)21-22(31)18(30)10-12-28(21)29/h1-10,12,20,31H,11,13-14H2/b5-4-/t20-/m0/s1. The van der Waals surface area contributed by atoms with Crippen LogP contribution in [-0.4, -0.2) is 40.4 Å².